The molecule has 0 atom stereocenters. The highest BCUT2D eigenvalue weighted by molar-refractivity contribution is 5.79. The fourth-order valence-electron chi connectivity index (χ4n) is 3.38. The molecule has 6 heteroatoms. The van der Waals surface area contributed by atoms with Crippen LogP contribution in [0.4, 0.5) is 0 Å². The van der Waals surface area contributed by atoms with Gasteiger partial charge in [0.15, 0.2) is 0 Å². The van der Waals surface area contributed by atoms with Crippen LogP contribution in [0.5, 0.6) is 0 Å². The van der Waals surface area contributed by atoms with Gasteiger partial charge in [-0.25, -0.2) is 0 Å². The van der Waals surface area contributed by atoms with Gasteiger partial charge in [0.05, 0.1) is 18.4 Å². The summed E-state index contributed by atoms with van der Waals surface area (Å²) in [5, 5.41) is 12.1. The number of amides is 1. The predicted octanol–water partition coefficient (Wildman–Crippen LogP) is 2.40. The van der Waals surface area contributed by atoms with Crippen LogP contribution in [0.1, 0.15) is 51.1 Å². The molecule has 1 saturated carbocycles. The van der Waals surface area contributed by atoms with E-state index in [1.807, 2.05) is 22.5 Å². The van der Waals surface area contributed by atoms with Crippen molar-refractivity contribution >= 4 is 16.9 Å². The Kier molecular flexibility index (Phi) is 4.45. The Morgan fingerprint density at radius 2 is 2.09 bits per heavy atom. The highest BCUT2D eigenvalue weighted by atomic mass is 16.1. The molecule has 0 saturated heterocycles. The molecule has 1 amide bonds. The monoisotopic (exact) mass is 303 g/mol. The van der Waals surface area contributed by atoms with E-state index in [1.54, 1.807) is 0 Å². The third kappa shape index (κ3) is 3.00. The van der Waals surface area contributed by atoms with Crippen molar-refractivity contribution in [1.82, 2.24) is 24.9 Å². The van der Waals surface area contributed by atoms with E-state index in [-0.39, 0.29) is 5.91 Å². The fraction of sp³-hybridized carbons (Fsp3) is 0.688. The van der Waals surface area contributed by atoms with Gasteiger partial charge >= 0.3 is 0 Å². The minimum Gasteiger partial charge on any atom is -0.353 e. The standard InChI is InChI=1S/C16H25N5O/c1-3-20-14-11-17-21(16(14)12(2)19-20)10-9-15(22)18-13-7-5-4-6-8-13/h11,13H,3-10H2,1-2H3,(H,18,22). The predicted molar refractivity (Wildman–Crippen MR) is 85.6 cm³/mol. The molecule has 3 rings (SSSR count). The number of carbonyl (C=O) groups excluding carboxylic acids is 1. The Balaban J connectivity index is 1.61. The molecule has 1 aliphatic carbocycles. The van der Waals surface area contributed by atoms with Gasteiger partial charge in [0, 0.05) is 19.0 Å². The molecular formula is C16H25N5O. The zero-order valence-electron chi connectivity index (χ0n) is 13.5. The van der Waals surface area contributed by atoms with E-state index in [4.69, 9.17) is 0 Å². The lowest BCUT2D eigenvalue weighted by Crippen LogP contribution is -2.36. The minimum absolute atomic E-state index is 0.135. The summed E-state index contributed by atoms with van der Waals surface area (Å²) in [6.45, 7) is 5.51. The molecule has 0 aromatic carbocycles. The second-order valence-corrected chi connectivity index (χ2v) is 6.16. The van der Waals surface area contributed by atoms with Gasteiger partial charge in [0.2, 0.25) is 5.91 Å². The largest absolute Gasteiger partial charge is 0.353 e. The fourth-order valence-corrected chi connectivity index (χ4v) is 3.38. The third-order valence-electron chi connectivity index (χ3n) is 4.53. The lowest BCUT2D eigenvalue weighted by Gasteiger charge is -2.22. The molecule has 120 valence electrons. The lowest BCUT2D eigenvalue weighted by atomic mass is 9.95. The van der Waals surface area contributed by atoms with Crippen LogP contribution in [-0.4, -0.2) is 31.5 Å². The summed E-state index contributed by atoms with van der Waals surface area (Å²) >= 11 is 0. The number of hydrogen-bond acceptors (Lipinski definition) is 3. The van der Waals surface area contributed by atoms with E-state index < -0.39 is 0 Å². The van der Waals surface area contributed by atoms with Crippen LogP contribution in [-0.2, 0) is 17.9 Å². The number of aryl methyl sites for hydroxylation is 3. The average Bonchev–Trinajstić information content (AvgIpc) is 3.08. The first-order valence-corrected chi connectivity index (χ1v) is 8.37. The van der Waals surface area contributed by atoms with Crippen molar-refractivity contribution in [1.29, 1.82) is 0 Å². The Morgan fingerprint density at radius 1 is 1.32 bits per heavy atom. The van der Waals surface area contributed by atoms with Crippen LogP contribution >= 0.6 is 0 Å². The normalized spacial score (nSPS) is 16.3. The van der Waals surface area contributed by atoms with Gasteiger partial charge < -0.3 is 5.32 Å². The molecule has 1 fully saturated rings. The van der Waals surface area contributed by atoms with E-state index in [9.17, 15) is 4.79 Å². The second-order valence-electron chi connectivity index (χ2n) is 6.16. The average molecular weight is 303 g/mol. The molecule has 6 nitrogen and oxygen atoms in total. The van der Waals surface area contributed by atoms with Gasteiger partial charge in [-0.2, -0.15) is 10.2 Å². The summed E-state index contributed by atoms with van der Waals surface area (Å²) in [6.07, 6.45) is 8.35. The Hall–Kier alpha value is -1.85. The Labute approximate surface area is 130 Å². The van der Waals surface area contributed by atoms with Crippen LogP contribution in [0, 0.1) is 6.92 Å². The number of nitrogens with one attached hydrogen (secondary N) is 1. The van der Waals surface area contributed by atoms with Gasteiger partial charge in [-0.15, -0.1) is 0 Å². The van der Waals surface area contributed by atoms with E-state index >= 15 is 0 Å². The maximum atomic E-state index is 12.1. The van der Waals surface area contributed by atoms with Crippen molar-refractivity contribution in [2.24, 2.45) is 0 Å². The number of fused-ring (bicyclic) bond motifs is 1. The number of aromatic nitrogens is 4. The second kappa shape index (κ2) is 6.50. The van der Waals surface area contributed by atoms with Gasteiger partial charge in [-0.3, -0.25) is 14.2 Å². The first-order chi connectivity index (χ1) is 10.7. The number of rotatable bonds is 5. The summed E-state index contributed by atoms with van der Waals surface area (Å²) in [4.78, 5) is 12.1. The van der Waals surface area contributed by atoms with E-state index in [0.717, 1.165) is 36.1 Å². The van der Waals surface area contributed by atoms with Crippen LogP contribution in [0.15, 0.2) is 6.20 Å². The highest BCUT2D eigenvalue weighted by Crippen LogP contribution is 2.19. The summed E-state index contributed by atoms with van der Waals surface area (Å²) in [5.74, 6) is 0.135. The summed E-state index contributed by atoms with van der Waals surface area (Å²) in [5.41, 5.74) is 3.07. The summed E-state index contributed by atoms with van der Waals surface area (Å²) in [7, 11) is 0. The zero-order chi connectivity index (χ0) is 15.5. The SMILES string of the molecule is CCn1nc(C)c2c1cnn2CCC(=O)NC1CCCCC1. The van der Waals surface area contributed by atoms with Crippen molar-refractivity contribution in [3.63, 3.8) is 0 Å². The topological polar surface area (TPSA) is 64.7 Å². The van der Waals surface area contributed by atoms with Crippen LogP contribution in [0.3, 0.4) is 0 Å². The quantitative estimate of drug-likeness (QED) is 0.922. The highest BCUT2D eigenvalue weighted by Gasteiger charge is 2.17. The zero-order valence-corrected chi connectivity index (χ0v) is 13.5. The van der Waals surface area contributed by atoms with Crippen molar-refractivity contribution < 1.29 is 4.79 Å². The molecular weight excluding hydrogens is 278 g/mol. The molecule has 0 spiro atoms. The Bertz CT molecular complexity index is 651. The summed E-state index contributed by atoms with van der Waals surface area (Å²) in [6, 6.07) is 0.378. The first-order valence-electron chi connectivity index (χ1n) is 8.37. The molecule has 0 radical (unpaired) electrons. The molecule has 0 unspecified atom stereocenters. The molecule has 2 aromatic rings. The number of hydrogen-bond donors (Lipinski definition) is 1. The molecule has 2 aromatic heterocycles. The maximum absolute atomic E-state index is 12.1. The van der Waals surface area contributed by atoms with Crippen LogP contribution in [0.25, 0.3) is 11.0 Å². The molecule has 22 heavy (non-hydrogen) atoms. The van der Waals surface area contributed by atoms with Crippen molar-refractivity contribution in [3.05, 3.63) is 11.9 Å². The van der Waals surface area contributed by atoms with Crippen LogP contribution in [0.2, 0.25) is 0 Å². The maximum Gasteiger partial charge on any atom is 0.222 e. The van der Waals surface area contributed by atoms with Gasteiger partial charge in [0.1, 0.15) is 11.0 Å². The third-order valence-corrected chi connectivity index (χ3v) is 4.53. The Morgan fingerprint density at radius 3 is 2.82 bits per heavy atom. The van der Waals surface area contributed by atoms with Crippen molar-refractivity contribution in [3.8, 4) is 0 Å². The van der Waals surface area contributed by atoms with E-state index in [1.165, 1.54) is 19.3 Å². The van der Waals surface area contributed by atoms with Crippen molar-refractivity contribution in [2.45, 2.75) is 71.5 Å². The first kappa shape index (κ1) is 15.1. The van der Waals surface area contributed by atoms with Crippen molar-refractivity contribution in [2.75, 3.05) is 0 Å². The minimum atomic E-state index is 0.135. The smallest absolute Gasteiger partial charge is 0.222 e. The summed E-state index contributed by atoms with van der Waals surface area (Å²) < 4.78 is 3.86. The van der Waals surface area contributed by atoms with Gasteiger partial charge in [0.25, 0.3) is 0 Å². The van der Waals surface area contributed by atoms with E-state index in [0.29, 0.717) is 19.0 Å². The van der Waals surface area contributed by atoms with Crippen LogP contribution < -0.4 is 5.32 Å². The van der Waals surface area contributed by atoms with E-state index in [2.05, 4.69) is 22.4 Å². The molecule has 1 aliphatic rings. The molecule has 2 heterocycles. The number of carbonyl (C=O) groups is 1. The lowest BCUT2D eigenvalue weighted by molar-refractivity contribution is -0.122. The van der Waals surface area contributed by atoms with Gasteiger partial charge in [-0.05, 0) is 26.7 Å². The molecule has 1 N–H and O–H groups in total. The molecule has 0 aliphatic heterocycles. The number of nitrogens with zero attached hydrogens (tertiary/aromatic N) is 4. The molecule has 0 bridgehead atoms. The van der Waals surface area contributed by atoms with Gasteiger partial charge in [-0.1, -0.05) is 19.3 Å².